The maximum absolute atomic E-state index is 11.5. The second kappa shape index (κ2) is 41.9. The van der Waals surface area contributed by atoms with Gasteiger partial charge in [0.15, 0.2) is 0 Å². The van der Waals surface area contributed by atoms with Gasteiger partial charge in [0.2, 0.25) is 0 Å². The minimum atomic E-state index is -0.0470. The first-order chi connectivity index (χ1) is 19.0. The summed E-state index contributed by atoms with van der Waals surface area (Å²) in [5.41, 5.74) is 5.68. The first-order valence-corrected chi connectivity index (χ1v) is 18.1. The molecular weight excluding hydrogens is 502 g/mol. The Bertz CT molecular complexity index is 446. The molecule has 0 saturated carbocycles. The van der Waals surface area contributed by atoms with E-state index >= 15 is 0 Å². The highest BCUT2D eigenvalue weighted by Gasteiger charge is 2.03. The number of unbranched alkanes of at least 4 members (excludes halogenated alkanes) is 18. The van der Waals surface area contributed by atoms with Crippen LogP contribution < -0.4 is 5.73 Å². The molecule has 39 heavy (non-hydrogen) atoms. The highest BCUT2D eigenvalue weighted by Crippen LogP contribution is 2.12. The van der Waals surface area contributed by atoms with Crippen LogP contribution in [0, 0.1) is 0 Å². The van der Waals surface area contributed by atoms with Gasteiger partial charge in [-0.2, -0.15) is 11.8 Å². The van der Waals surface area contributed by atoms with Crippen molar-refractivity contribution in [2.24, 2.45) is 5.73 Å². The molecule has 4 nitrogen and oxygen atoms in total. The SMILES string of the molecule is CCC.CCCCCCCCCCCC=O.CCCCCCCCCCCCOC(=O)CCSCCC(C)N. The van der Waals surface area contributed by atoms with E-state index in [9.17, 15) is 9.59 Å². The zero-order valence-electron chi connectivity index (χ0n) is 27.2. The highest BCUT2D eigenvalue weighted by atomic mass is 32.2. The van der Waals surface area contributed by atoms with Gasteiger partial charge in [0.25, 0.3) is 0 Å². The topological polar surface area (TPSA) is 69.4 Å². The van der Waals surface area contributed by atoms with Crippen LogP contribution in [-0.4, -0.2) is 36.4 Å². The fourth-order valence-electron chi connectivity index (χ4n) is 3.91. The van der Waals surface area contributed by atoms with Gasteiger partial charge in [-0.25, -0.2) is 0 Å². The smallest absolute Gasteiger partial charge is 0.306 e. The molecule has 0 radical (unpaired) electrons. The molecule has 0 heterocycles. The van der Waals surface area contributed by atoms with Gasteiger partial charge >= 0.3 is 5.97 Å². The average Bonchev–Trinajstić information content (AvgIpc) is 2.91. The van der Waals surface area contributed by atoms with Crippen LogP contribution in [0.5, 0.6) is 0 Å². The van der Waals surface area contributed by atoms with Crippen LogP contribution in [0.15, 0.2) is 0 Å². The van der Waals surface area contributed by atoms with Crippen LogP contribution in [0.4, 0.5) is 0 Å². The summed E-state index contributed by atoms with van der Waals surface area (Å²) in [6, 6.07) is 0.255. The fraction of sp³-hybridized carbons (Fsp3) is 0.941. The Morgan fingerprint density at radius 2 is 1.10 bits per heavy atom. The number of carbonyl (C=O) groups excluding carboxylic acids is 2. The first-order valence-electron chi connectivity index (χ1n) is 16.9. The maximum atomic E-state index is 11.5. The van der Waals surface area contributed by atoms with Crippen LogP contribution in [-0.2, 0) is 14.3 Å². The molecule has 0 aromatic carbocycles. The van der Waals surface area contributed by atoms with Crippen molar-refractivity contribution >= 4 is 24.0 Å². The molecule has 0 amide bonds. The zero-order valence-corrected chi connectivity index (χ0v) is 28.1. The maximum Gasteiger partial charge on any atom is 0.306 e. The van der Waals surface area contributed by atoms with Gasteiger partial charge < -0.3 is 15.3 Å². The number of hydrogen-bond acceptors (Lipinski definition) is 5. The summed E-state index contributed by atoms with van der Waals surface area (Å²) in [5.74, 6) is 1.83. The number of thioether (sulfide) groups is 1. The molecule has 1 unspecified atom stereocenters. The van der Waals surface area contributed by atoms with Gasteiger partial charge in [0.05, 0.1) is 13.0 Å². The third-order valence-electron chi connectivity index (χ3n) is 6.35. The van der Waals surface area contributed by atoms with Crippen LogP contribution in [0.25, 0.3) is 0 Å². The Kier molecular flexibility index (Phi) is 46.1. The fourth-order valence-corrected chi connectivity index (χ4v) is 4.97. The standard InChI is InChI=1S/C19H39NO2S.C12H24O.C3H8/c1-3-4-5-6-7-8-9-10-11-12-15-22-19(21)14-17-23-16-13-18(2)20;1-2-3-4-5-6-7-8-9-10-11-12-13;1-3-2/h18H,3-17,20H2,1-2H3;12H,2-11H2,1H3;3H2,1-2H3. The van der Waals surface area contributed by atoms with Crippen molar-refractivity contribution in [3.8, 4) is 0 Å². The Hall–Kier alpha value is -0.550. The molecule has 0 aromatic heterocycles. The van der Waals surface area contributed by atoms with Gasteiger partial charge in [-0.1, -0.05) is 143 Å². The monoisotopic (exact) mass is 574 g/mol. The molecule has 1 atom stereocenters. The van der Waals surface area contributed by atoms with E-state index < -0.39 is 0 Å². The minimum absolute atomic E-state index is 0.0470. The van der Waals surface area contributed by atoms with Gasteiger partial charge in [0.1, 0.15) is 6.29 Å². The normalized spacial score (nSPS) is 11.1. The van der Waals surface area contributed by atoms with Crippen LogP contribution >= 0.6 is 11.8 Å². The van der Waals surface area contributed by atoms with E-state index in [1.807, 2.05) is 6.92 Å². The summed E-state index contributed by atoms with van der Waals surface area (Å²) in [7, 11) is 0. The Balaban J connectivity index is -0.000000681. The van der Waals surface area contributed by atoms with E-state index in [-0.39, 0.29) is 12.0 Å². The molecule has 0 aliphatic heterocycles. The molecule has 0 aliphatic carbocycles. The van der Waals surface area contributed by atoms with E-state index in [0.717, 1.165) is 43.5 Å². The lowest BCUT2D eigenvalue weighted by molar-refractivity contribution is -0.143. The summed E-state index contributed by atoms with van der Waals surface area (Å²) in [5, 5.41) is 0. The molecule has 0 bridgehead atoms. The predicted molar refractivity (Wildman–Crippen MR) is 177 cm³/mol. The molecule has 0 spiro atoms. The van der Waals surface area contributed by atoms with E-state index in [0.29, 0.717) is 13.0 Å². The van der Waals surface area contributed by atoms with E-state index in [1.54, 1.807) is 11.8 Å². The van der Waals surface area contributed by atoms with Crippen molar-refractivity contribution < 1.29 is 14.3 Å². The Labute approximate surface area is 250 Å². The van der Waals surface area contributed by atoms with E-state index in [2.05, 4.69) is 27.7 Å². The quantitative estimate of drug-likeness (QED) is 0.0601. The van der Waals surface area contributed by atoms with Gasteiger partial charge in [-0.05, 0) is 31.9 Å². The lowest BCUT2D eigenvalue weighted by atomic mass is 10.1. The summed E-state index contributed by atoms with van der Waals surface area (Å²) in [6.45, 7) is 11.4. The molecule has 0 saturated heterocycles. The molecule has 5 heteroatoms. The van der Waals surface area contributed by atoms with Crippen molar-refractivity contribution in [1.82, 2.24) is 0 Å². The molecule has 0 aliphatic rings. The van der Waals surface area contributed by atoms with Crippen molar-refractivity contribution in [1.29, 1.82) is 0 Å². The number of carbonyl (C=O) groups is 2. The Morgan fingerprint density at radius 1 is 0.692 bits per heavy atom. The highest BCUT2D eigenvalue weighted by molar-refractivity contribution is 7.99. The first kappa shape index (κ1) is 42.9. The average molecular weight is 574 g/mol. The van der Waals surface area contributed by atoms with Crippen molar-refractivity contribution in [2.45, 2.75) is 188 Å². The minimum Gasteiger partial charge on any atom is -0.466 e. The lowest BCUT2D eigenvalue weighted by Crippen LogP contribution is -2.15. The zero-order chi connectivity index (χ0) is 29.7. The van der Waals surface area contributed by atoms with E-state index in [4.69, 9.17) is 10.5 Å². The number of aldehydes is 1. The summed E-state index contributed by atoms with van der Waals surface area (Å²) >= 11 is 1.79. The molecule has 0 fully saturated rings. The summed E-state index contributed by atoms with van der Waals surface area (Å²) < 4.78 is 5.26. The van der Waals surface area contributed by atoms with Crippen molar-refractivity contribution in [3.05, 3.63) is 0 Å². The van der Waals surface area contributed by atoms with Gasteiger partial charge in [-0.3, -0.25) is 4.79 Å². The second-order valence-electron chi connectivity index (χ2n) is 11.0. The predicted octanol–water partition coefficient (Wildman–Crippen LogP) is 10.8. The van der Waals surface area contributed by atoms with Gasteiger partial charge in [-0.15, -0.1) is 0 Å². The number of hydrogen-bond donors (Lipinski definition) is 1. The van der Waals surface area contributed by atoms with E-state index in [1.165, 1.54) is 116 Å². The largest absolute Gasteiger partial charge is 0.466 e. The third-order valence-corrected chi connectivity index (χ3v) is 7.37. The molecular formula is C34H71NO3S. The second-order valence-corrected chi connectivity index (χ2v) is 12.2. The Morgan fingerprint density at radius 3 is 1.51 bits per heavy atom. The van der Waals surface area contributed by atoms with Crippen LogP contribution in [0.1, 0.15) is 182 Å². The molecule has 0 aromatic rings. The van der Waals surface area contributed by atoms with Crippen molar-refractivity contribution in [3.63, 3.8) is 0 Å². The number of ether oxygens (including phenoxy) is 1. The molecule has 2 N–H and O–H groups in total. The number of esters is 1. The van der Waals surface area contributed by atoms with Crippen LogP contribution in [0.3, 0.4) is 0 Å². The van der Waals surface area contributed by atoms with Gasteiger partial charge in [0, 0.05) is 18.2 Å². The number of nitrogens with two attached hydrogens (primary N) is 1. The molecule has 0 rings (SSSR count). The third kappa shape index (κ3) is 50.8. The summed E-state index contributed by atoms with van der Waals surface area (Å²) in [4.78, 5) is 21.6. The lowest BCUT2D eigenvalue weighted by Gasteiger charge is -2.06. The van der Waals surface area contributed by atoms with Crippen molar-refractivity contribution in [2.75, 3.05) is 18.1 Å². The molecule has 236 valence electrons. The number of rotatable bonds is 27. The summed E-state index contributed by atoms with van der Waals surface area (Å²) in [6.07, 6.45) is 29.6. The van der Waals surface area contributed by atoms with Crippen LogP contribution in [0.2, 0.25) is 0 Å².